The first kappa shape index (κ1) is 12.0. The number of rotatable bonds is 2. The number of benzene rings is 1. The standard InChI is InChI=1S/C13H17FN2O/c1-9-8-11(14)2-3-12(9)16-13(17)10-4-6-15-7-5-10/h2-3,8,10,15H,4-7H2,1H3,(H,16,17). The van der Waals surface area contributed by atoms with E-state index in [9.17, 15) is 9.18 Å². The fourth-order valence-electron chi connectivity index (χ4n) is 2.09. The first-order valence-electron chi connectivity index (χ1n) is 5.94. The average molecular weight is 236 g/mol. The molecule has 1 aromatic rings. The molecule has 0 spiro atoms. The molecule has 0 radical (unpaired) electrons. The molecule has 92 valence electrons. The minimum absolute atomic E-state index is 0.0428. The highest BCUT2D eigenvalue weighted by atomic mass is 19.1. The van der Waals surface area contributed by atoms with E-state index in [4.69, 9.17) is 0 Å². The van der Waals surface area contributed by atoms with Gasteiger partial charge >= 0.3 is 0 Å². The van der Waals surface area contributed by atoms with E-state index in [1.807, 2.05) is 0 Å². The van der Waals surface area contributed by atoms with Gasteiger partial charge in [0.15, 0.2) is 0 Å². The molecule has 1 amide bonds. The van der Waals surface area contributed by atoms with E-state index >= 15 is 0 Å². The fraction of sp³-hybridized carbons (Fsp3) is 0.462. The van der Waals surface area contributed by atoms with E-state index in [1.54, 1.807) is 13.0 Å². The summed E-state index contributed by atoms with van der Waals surface area (Å²) in [5.74, 6) is -0.163. The smallest absolute Gasteiger partial charge is 0.227 e. The molecule has 4 heteroatoms. The molecule has 0 saturated carbocycles. The number of amides is 1. The van der Waals surface area contributed by atoms with Crippen molar-refractivity contribution < 1.29 is 9.18 Å². The van der Waals surface area contributed by atoms with Crippen molar-refractivity contribution in [1.29, 1.82) is 0 Å². The Hall–Kier alpha value is -1.42. The van der Waals surface area contributed by atoms with Gasteiger partial charge in [0, 0.05) is 11.6 Å². The third-order valence-corrected chi connectivity index (χ3v) is 3.16. The van der Waals surface area contributed by atoms with Crippen molar-refractivity contribution in [3.63, 3.8) is 0 Å². The van der Waals surface area contributed by atoms with Gasteiger partial charge in [0.1, 0.15) is 5.82 Å². The number of carbonyl (C=O) groups excluding carboxylic acids is 1. The van der Waals surface area contributed by atoms with Crippen molar-refractivity contribution in [2.75, 3.05) is 18.4 Å². The molecule has 1 saturated heterocycles. The largest absolute Gasteiger partial charge is 0.326 e. The van der Waals surface area contributed by atoms with Gasteiger partial charge in [0.2, 0.25) is 5.91 Å². The molecule has 0 bridgehead atoms. The van der Waals surface area contributed by atoms with Crippen molar-refractivity contribution in [3.05, 3.63) is 29.6 Å². The van der Waals surface area contributed by atoms with Crippen molar-refractivity contribution in [3.8, 4) is 0 Å². The number of nitrogens with one attached hydrogen (secondary N) is 2. The van der Waals surface area contributed by atoms with Crippen LogP contribution in [0.25, 0.3) is 0 Å². The highest BCUT2D eigenvalue weighted by Crippen LogP contribution is 2.19. The van der Waals surface area contributed by atoms with Crippen molar-refractivity contribution in [1.82, 2.24) is 5.32 Å². The minimum atomic E-state index is -0.276. The van der Waals surface area contributed by atoms with Gasteiger partial charge in [0.05, 0.1) is 0 Å². The fourth-order valence-corrected chi connectivity index (χ4v) is 2.09. The normalized spacial score (nSPS) is 16.8. The summed E-state index contributed by atoms with van der Waals surface area (Å²) in [4.78, 5) is 12.0. The Kier molecular flexibility index (Phi) is 3.74. The van der Waals surface area contributed by atoms with E-state index in [1.165, 1.54) is 12.1 Å². The molecule has 0 aromatic heterocycles. The number of anilines is 1. The van der Waals surface area contributed by atoms with Crippen molar-refractivity contribution >= 4 is 11.6 Å². The summed E-state index contributed by atoms with van der Waals surface area (Å²) in [6.07, 6.45) is 1.73. The molecule has 0 atom stereocenters. The molecule has 2 rings (SSSR count). The molecule has 1 aliphatic rings. The van der Waals surface area contributed by atoms with Crippen LogP contribution in [0.5, 0.6) is 0 Å². The zero-order valence-corrected chi connectivity index (χ0v) is 9.92. The monoisotopic (exact) mass is 236 g/mol. The Labute approximate surface area is 100 Å². The SMILES string of the molecule is Cc1cc(F)ccc1NC(=O)C1CCNCC1. The van der Waals surface area contributed by atoms with Gasteiger partial charge in [-0.25, -0.2) is 4.39 Å². The summed E-state index contributed by atoms with van der Waals surface area (Å²) >= 11 is 0. The second-order valence-electron chi connectivity index (χ2n) is 4.47. The van der Waals surface area contributed by atoms with Gasteiger partial charge in [-0.1, -0.05) is 0 Å². The zero-order chi connectivity index (χ0) is 12.3. The number of halogens is 1. The molecule has 0 aliphatic carbocycles. The Balaban J connectivity index is 2.02. The average Bonchev–Trinajstić information content (AvgIpc) is 2.34. The van der Waals surface area contributed by atoms with Crippen LogP contribution < -0.4 is 10.6 Å². The Bertz CT molecular complexity index is 414. The summed E-state index contributed by atoms with van der Waals surface area (Å²) in [7, 11) is 0. The van der Waals surface area contributed by atoms with E-state index in [2.05, 4.69) is 10.6 Å². The summed E-state index contributed by atoms with van der Waals surface area (Å²) in [5.41, 5.74) is 1.46. The van der Waals surface area contributed by atoms with Crippen LogP contribution >= 0.6 is 0 Å². The summed E-state index contributed by atoms with van der Waals surface area (Å²) in [6, 6.07) is 4.41. The topological polar surface area (TPSA) is 41.1 Å². The Morgan fingerprint density at radius 2 is 2.12 bits per heavy atom. The number of aryl methyl sites for hydroxylation is 1. The van der Waals surface area contributed by atoms with Gasteiger partial charge in [-0.05, 0) is 56.6 Å². The quantitative estimate of drug-likeness (QED) is 0.825. The highest BCUT2D eigenvalue weighted by molar-refractivity contribution is 5.93. The number of hydrogen-bond donors (Lipinski definition) is 2. The summed E-state index contributed by atoms with van der Waals surface area (Å²) in [5, 5.41) is 6.10. The molecule has 1 fully saturated rings. The lowest BCUT2D eigenvalue weighted by atomic mass is 9.97. The van der Waals surface area contributed by atoms with Gasteiger partial charge in [-0.2, -0.15) is 0 Å². The molecule has 17 heavy (non-hydrogen) atoms. The second-order valence-corrected chi connectivity index (χ2v) is 4.47. The molecule has 1 aromatic carbocycles. The maximum absolute atomic E-state index is 12.9. The second kappa shape index (κ2) is 5.27. The number of piperidine rings is 1. The third-order valence-electron chi connectivity index (χ3n) is 3.16. The Morgan fingerprint density at radius 1 is 1.41 bits per heavy atom. The van der Waals surface area contributed by atoms with E-state index in [0.29, 0.717) is 5.69 Å². The van der Waals surface area contributed by atoms with Crippen LogP contribution in [0.3, 0.4) is 0 Å². The maximum Gasteiger partial charge on any atom is 0.227 e. The van der Waals surface area contributed by atoms with Crippen LogP contribution in [-0.4, -0.2) is 19.0 Å². The first-order chi connectivity index (χ1) is 8.16. The Morgan fingerprint density at radius 3 is 2.76 bits per heavy atom. The predicted molar refractivity (Wildman–Crippen MR) is 65.4 cm³/mol. The number of carbonyl (C=O) groups is 1. The third kappa shape index (κ3) is 3.03. The van der Waals surface area contributed by atoms with Crippen LogP contribution in [0.1, 0.15) is 18.4 Å². The summed E-state index contributed by atoms with van der Waals surface area (Å²) in [6.45, 7) is 3.57. The van der Waals surface area contributed by atoms with Crippen LogP contribution in [0.4, 0.5) is 10.1 Å². The lowest BCUT2D eigenvalue weighted by Gasteiger charge is -2.22. The minimum Gasteiger partial charge on any atom is -0.326 e. The summed E-state index contributed by atoms with van der Waals surface area (Å²) < 4.78 is 12.9. The lowest BCUT2D eigenvalue weighted by Crippen LogP contribution is -2.34. The predicted octanol–water partition coefficient (Wildman–Crippen LogP) is 2.07. The van der Waals surface area contributed by atoms with Gasteiger partial charge in [-0.3, -0.25) is 4.79 Å². The maximum atomic E-state index is 12.9. The van der Waals surface area contributed by atoms with Crippen LogP contribution in [0.2, 0.25) is 0 Å². The van der Waals surface area contributed by atoms with Crippen molar-refractivity contribution in [2.45, 2.75) is 19.8 Å². The molecule has 2 N–H and O–H groups in total. The van der Waals surface area contributed by atoms with E-state index < -0.39 is 0 Å². The van der Waals surface area contributed by atoms with Crippen LogP contribution in [-0.2, 0) is 4.79 Å². The molecule has 1 heterocycles. The highest BCUT2D eigenvalue weighted by Gasteiger charge is 2.21. The molecular formula is C13H17FN2O. The van der Waals surface area contributed by atoms with Gasteiger partial charge < -0.3 is 10.6 Å². The van der Waals surface area contributed by atoms with Gasteiger partial charge in [0.25, 0.3) is 0 Å². The molecule has 1 aliphatic heterocycles. The van der Waals surface area contributed by atoms with Gasteiger partial charge in [-0.15, -0.1) is 0 Å². The van der Waals surface area contributed by atoms with E-state index in [-0.39, 0.29) is 17.6 Å². The zero-order valence-electron chi connectivity index (χ0n) is 9.92. The molecule has 3 nitrogen and oxygen atoms in total. The molecule has 0 unspecified atom stereocenters. The van der Waals surface area contributed by atoms with Crippen LogP contribution in [0.15, 0.2) is 18.2 Å². The van der Waals surface area contributed by atoms with E-state index in [0.717, 1.165) is 31.5 Å². The molecular weight excluding hydrogens is 219 g/mol. The first-order valence-corrected chi connectivity index (χ1v) is 5.94. The number of hydrogen-bond acceptors (Lipinski definition) is 2. The van der Waals surface area contributed by atoms with Crippen molar-refractivity contribution in [2.24, 2.45) is 5.92 Å². The lowest BCUT2D eigenvalue weighted by molar-refractivity contribution is -0.120. The van der Waals surface area contributed by atoms with Crippen LogP contribution in [0, 0.1) is 18.7 Å².